The molecule has 0 bridgehead atoms. The Labute approximate surface area is 186 Å². The summed E-state index contributed by atoms with van der Waals surface area (Å²) in [5.41, 5.74) is 1.28. The summed E-state index contributed by atoms with van der Waals surface area (Å²) < 4.78 is 0. The van der Waals surface area contributed by atoms with Crippen molar-refractivity contribution in [2.24, 2.45) is 5.92 Å². The number of amides is 2. The molecule has 1 atom stereocenters. The van der Waals surface area contributed by atoms with Crippen molar-refractivity contribution in [2.45, 2.75) is 38.3 Å². The quantitative estimate of drug-likeness (QED) is 0.675. The first-order valence-electron chi connectivity index (χ1n) is 10.2. The summed E-state index contributed by atoms with van der Waals surface area (Å²) in [5, 5.41) is 6.34. The Morgan fingerprint density at radius 1 is 1.14 bits per heavy atom. The fourth-order valence-corrected chi connectivity index (χ4v) is 3.97. The molecule has 0 spiro atoms. The Balaban J connectivity index is 0.00000210. The monoisotopic (exact) mass is 444 g/mol. The minimum Gasteiger partial charge on any atom is -0.355 e. The van der Waals surface area contributed by atoms with Crippen LogP contribution in [0.1, 0.15) is 31.2 Å². The number of benzene rings is 1. The third-order valence-electron chi connectivity index (χ3n) is 5.62. The number of nitrogens with zero attached hydrogens (tertiary/aromatic N) is 2. The minimum atomic E-state index is -0.00414. The van der Waals surface area contributed by atoms with Crippen molar-refractivity contribution in [3.8, 4) is 0 Å². The molecule has 0 radical (unpaired) electrons. The van der Waals surface area contributed by atoms with Gasteiger partial charge in [-0.05, 0) is 44.8 Å². The van der Waals surface area contributed by atoms with Crippen molar-refractivity contribution in [1.82, 2.24) is 20.4 Å². The number of hydrogen-bond acceptors (Lipinski definition) is 4. The zero-order valence-corrected chi connectivity index (χ0v) is 18.8. The van der Waals surface area contributed by atoms with E-state index in [0.29, 0.717) is 19.6 Å². The van der Waals surface area contributed by atoms with Crippen molar-refractivity contribution in [1.29, 1.82) is 0 Å². The van der Waals surface area contributed by atoms with Gasteiger partial charge in [0.1, 0.15) is 0 Å². The smallest absolute Gasteiger partial charge is 0.239 e. The number of carbonyl (C=O) groups is 2. The highest BCUT2D eigenvalue weighted by atomic mass is 35.5. The van der Waals surface area contributed by atoms with Crippen molar-refractivity contribution in [3.05, 3.63) is 35.9 Å². The van der Waals surface area contributed by atoms with E-state index in [1.54, 1.807) is 0 Å². The molecular formula is C21H34Cl2N4O2. The Hall–Kier alpha value is -1.34. The Morgan fingerprint density at radius 2 is 1.83 bits per heavy atom. The highest BCUT2D eigenvalue weighted by molar-refractivity contribution is 5.85. The molecule has 29 heavy (non-hydrogen) atoms. The average molecular weight is 445 g/mol. The van der Waals surface area contributed by atoms with Crippen LogP contribution in [0.2, 0.25) is 0 Å². The second kappa shape index (κ2) is 13.1. The van der Waals surface area contributed by atoms with E-state index < -0.39 is 0 Å². The molecule has 2 heterocycles. The number of nitrogens with one attached hydrogen (secondary N) is 2. The zero-order valence-electron chi connectivity index (χ0n) is 17.1. The maximum Gasteiger partial charge on any atom is 0.239 e. The van der Waals surface area contributed by atoms with Crippen LogP contribution >= 0.6 is 24.8 Å². The first-order valence-corrected chi connectivity index (χ1v) is 10.2. The number of likely N-dealkylation sites (tertiary alicyclic amines) is 1. The molecule has 1 unspecified atom stereocenters. The van der Waals surface area contributed by atoms with Crippen LogP contribution in [0.15, 0.2) is 30.3 Å². The molecule has 8 heteroatoms. The van der Waals surface area contributed by atoms with Crippen LogP contribution in [0.25, 0.3) is 0 Å². The number of piperidine rings is 1. The van der Waals surface area contributed by atoms with Crippen LogP contribution in [0.3, 0.4) is 0 Å². The van der Waals surface area contributed by atoms with Gasteiger partial charge in [-0.1, -0.05) is 30.3 Å². The third kappa shape index (κ3) is 7.78. The standard InChI is InChI=1S/C21H32N4O2.2ClH/c1-24(16-17-6-3-2-4-7-17)15-12-23-20(26)18-9-13-25(14-10-18)21(27)19-8-5-11-22-19;;/h2-4,6-7,18-19,22H,5,8-16H2,1H3,(H,23,26);2*1H. The average Bonchev–Trinajstić information content (AvgIpc) is 3.23. The number of rotatable bonds is 7. The topological polar surface area (TPSA) is 64.7 Å². The second-order valence-electron chi connectivity index (χ2n) is 7.76. The van der Waals surface area contributed by atoms with E-state index in [-0.39, 0.29) is 48.6 Å². The first kappa shape index (κ1) is 25.7. The molecule has 0 aromatic heterocycles. The predicted molar refractivity (Wildman–Crippen MR) is 121 cm³/mol. The molecule has 1 aromatic carbocycles. The second-order valence-corrected chi connectivity index (χ2v) is 7.76. The van der Waals surface area contributed by atoms with Crippen molar-refractivity contribution >= 4 is 36.6 Å². The van der Waals surface area contributed by atoms with E-state index in [2.05, 4.69) is 34.7 Å². The number of likely N-dealkylation sites (N-methyl/N-ethyl adjacent to an activating group) is 1. The lowest BCUT2D eigenvalue weighted by Crippen LogP contribution is -2.49. The third-order valence-corrected chi connectivity index (χ3v) is 5.62. The molecule has 1 aromatic rings. The highest BCUT2D eigenvalue weighted by Crippen LogP contribution is 2.19. The van der Waals surface area contributed by atoms with Gasteiger partial charge >= 0.3 is 0 Å². The number of halogens is 2. The van der Waals surface area contributed by atoms with Crippen LogP contribution < -0.4 is 10.6 Å². The van der Waals surface area contributed by atoms with Gasteiger partial charge in [-0.2, -0.15) is 0 Å². The van der Waals surface area contributed by atoms with Gasteiger partial charge in [0.25, 0.3) is 0 Å². The summed E-state index contributed by atoms with van der Waals surface area (Å²) in [6.45, 7) is 4.70. The molecule has 2 fully saturated rings. The Bertz CT molecular complexity index is 618. The Kier molecular flexibility index (Phi) is 11.6. The van der Waals surface area contributed by atoms with Crippen LogP contribution in [-0.2, 0) is 16.1 Å². The lowest BCUT2D eigenvalue weighted by Gasteiger charge is -2.33. The van der Waals surface area contributed by atoms with Gasteiger partial charge in [-0.3, -0.25) is 9.59 Å². The molecular weight excluding hydrogens is 411 g/mol. The molecule has 0 aliphatic carbocycles. The first-order chi connectivity index (χ1) is 13.1. The molecule has 164 valence electrons. The highest BCUT2D eigenvalue weighted by Gasteiger charge is 2.31. The summed E-state index contributed by atoms with van der Waals surface area (Å²) in [6.07, 6.45) is 3.55. The van der Waals surface area contributed by atoms with Crippen LogP contribution in [0.5, 0.6) is 0 Å². The largest absolute Gasteiger partial charge is 0.355 e. The van der Waals surface area contributed by atoms with E-state index in [1.807, 2.05) is 23.1 Å². The van der Waals surface area contributed by atoms with Gasteiger partial charge in [0.2, 0.25) is 11.8 Å². The van der Waals surface area contributed by atoms with Crippen molar-refractivity contribution < 1.29 is 9.59 Å². The van der Waals surface area contributed by atoms with E-state index >= 15 is 0 Å². The van der Waals surface area contributed by atoms with Crippen LogP contribution in [-0.4, -0.2) is 67.4 Å². The van der Waals surface area contributed by atoms with Gasteiger partial charge in [-0.25, -0.2) is 0 Å². The van der Waals surface area contributed by atoms with Gasteiger partial charge < -0.3 is 20.4 Å². The van der Waals surface area contributed by atoms with Crippen molar-refractivity contribution in [2.75, 3.05) is 39.8 Å². The molecule has 6 nitrogen and oxygen atoms in total. The molecule has 2 saturated heterocycles. The normalized spacial score (nSPS) is 19.4. The summed E-state index contributed by atoms with van der Waals surface area (Å²) in [4.78, 5) is 29.0. The zero-order chi connectivity index (χ0) is 19.1. The lowest BCUT2D eigenvalue weighted by atomic mass is 9.95. The van der Waals surface area contributed by atoms with E-state index in [1.165, 1.54) is 5.56 Å². The van der Waals surface area contributed by atoms with Gasteiger partial charge in [0.15, 0.2) is 0 Å². The van der Waals surface area contributed by atoms with Crippen molar-refractivity contribution in [3.63, 3.8) is 0 Å². The lowest BCUT2D eigenvalue weighted by molar-refractivity contribution is -0.137. The SMILES string of the molecule is CN(CCNC(=O)C1CCN(C(=O)C2CCCN2)CC1)Cc1ccccc1.Cl.Cl. The minimum absolute atomic E-state index is 0. The maximum absolute atomic E-state index is 12.4. The van der Waals surface area contributed by atoms with Crippen LogP contribution in [0, 0.1) is 5.92 Å². The van der Waals surface area contributed by atoms with Crippen LogP contribution in [0.4, 0.5) is 0 Å². The fraction of sp³-hybridized carbons (Fsp3) is 0.619. The molecule has 2 N–H and O–H groups in total. The van der Waals surface area contributed by atoms with E-state index in [4.69, 9.17) is 0 Å². The maximum atomic E-state index is 12.4. The van der Waals surface area contributed by atoms with Gasteiger partial charge in [0.05, 0.1) is 6.04 Å². The number of hydrogen-bond donors (Lipinski definition) is 2. The fourth-order valence-electron chi connectivity index (χ4n) is 3.97. The Morgan fingerprint density at radius 3 is 2.45 bits per heavy atom. The molecule has 0 saturated carbocycles. The molecule has 3 rings (SSSR count). The molecule has 2 amide bonds. The van der Waals surface area contributed by atoms with E-state index in [9.17, 15) is 9.59 Å². The van der Waals surface area contributed by atoms with Gasteiger partial charge in [0, 0.05) is 38.6 Å². The summed E-state index contributed by atoms with van der Waals surface area (Å²) in [6, 6.07) is 10.3. The summed E-state index contributed by atoms with van der Waals surface area (Å²) in [5.74, 6) is 0.383. The summed E-state index contributed by atoms with van der Waals surface area (Å²) >= 11 is 0. The number of carbonyl (C=O) groups excluding carboxylic acids is 2. The van der Waals surface area contributed by atoms with E-state index in [0.717, 1.165) is 45.3 Å². The molecule has 2 aliphatic heterocycles. The summed E-state index contributed by atoms with van der Waals surface area (Å²) in [7, 11) is 2.07. The van der Waals surface area contributed by atoms with Gasteiger partial charge in [-0.15, -0.1) is 24.8 Å². The molecule has 2 aliphatic rings. The predicted octanol–water partition coefficient (Wildman–Crippen LogP) is 2.07.